The fourth-order valence-corrected chi connectivity index (χ4v) is 1.21. The molecule has 0 atom stereocenters. The van der Waals surface area contributed by atoms with Crippen molar-refractivity contribution in [1.29, 1.82) is 0 Å². The highest BCUT2D eigenvalue weighted by Gasteiger charge is 2.37. The highest BCUT2D eigenvalue weighted by atomic mass is 32.1. The van der Waals surface area contributed by atoms with E-state index in [9.17, 15) is 31.1 Å². The molecule has 0 saturated heterocycles. The molecule has 0 aromatic heterocycles. The summed E-state index contributed by atoms with van der Waals surface area (Å²) in [6.07, 6.45) is -9.92. The lowest BCUT2D eigenvalue weighted by molar-refractivity contribution is -0.143. The first-order valence-electron chi connectivity index (χ1n) is 4.04. The lowest BCUT2D eigenvalue weighted by Gasteiger charge is -2.12. The van der Waals surface area contributed by atoms with Crippen molar-refractivity contribution in [2.75, 3.05) is 0 Å². The molecule has 0 heterocycles. The van der Waals surface area contributed by atoms with Gasteiger partial charge in [0.2, 0.25) is 5.12 Å². The summed E-state index contributed by atoms with van der Waals surface area (Å²) in [5.41, 5.74) is -3.83. The summed E-state index contributed by atoms with van der Waals surface area (Å²) in [6.45, 7) is 0. The van der Waals surface area contributed by atoms with Crippen LogP contribution in [0.25, 0.3) is 0 Å². The van der Waals surface area contributed by atoms with Crippen molar-refractivity contribution < 1.29 is 31.1 Å². The molecule has 8 heteroatoms. The minimum Gasteiger partial charge on any atom is -0.282 e. The molecule has 17 heavy (non-hydrogen) atoms. The van der Waals surface area contributed by atoms with Gasteiger partial charge >= 0.3 is 12.4 Å². The van der Waals surface area contributed by atoms with Crippen LogP contribution in [-0.4, -0.2) is 5.12 Å². The van der Waals surface area contributed by atoms with Gasteiger partial charge in [0, 0.05) is 5.56 Å². The topological polar surface area (TPSA) is 17.1 Å². The van der Waals surface area contributed by atoms with E-state index in [1.165, 1.54) is 0 Å². The van der Waals surface area contributed by atoms with Crippen LogP contribution in [0, 0.1) is 0 Å². The Hall–Kier alpha value is -1.18. The summed E-state index contributed by atoms with van der Waals surface area (Å²) < 4.78 is 73.8. The number of hydrogen-bond donors (Lipinski definition) is 1. The maximum absolute atomic E-state index is 12.3. The van der Waals surface area contributed by atoms with E-state index >= 15 is 0 Å². The summed E-state index contributed by atoms with van der Waals surface area (Å²) in [5.74, 6) is 0. The Morgan fingerprint density at radius 2 is 1.24 bits per heavy atom. The van der Waals surface area contributed by atoms with Crippen LogP contribution in [0.1, 0.15) is 21.5 Å². The van der Waals surface area contributed by atoms with Crippen LogP contribution >= 0.6 is 12.6 Å². The van der Waals surface area contributed by atoms with Gasteiger partial charge in [0.15, 0.2) is 0 Å². The van der Waals surface area contributed by atoms with Crippen LogP contribution in [0.4, 0.5) is 26.3 Å². The van der Waals surface area contributed by atoms with E-state index in [-0.39, 0.29) is 6.07 Å². The Morgan fingerprint density at radius 3 is 1.47 bits per heavy atom. The molecule has 1 aromatic rings. The number of hydrogen-bond acceptors (Lipinski definition) is 1. The minimum absolute atomic E-state index is 0.0553. The molecule has 94 valence electrons. The predicted octanol–water partition coefficient (Wildman–Crippen LogP) is 3.79. The molecule has 0 saturated carbocycles. The molecule has 0 bridgehead atoms. The zero-order chi connectivity index (χ0) is 13.4. The standard InChI is InChI=1S/C9H4F6OS/c10-8(11,12)5-1-4(7(16)17)2-6(3-5)9(13,14)15/h1-3H,(H,16,17). The zero-order valence-corrected chi connectivity index (χ0v) is 8.75. The van der Waals surface area contributed by atoms with E-state index < -0.39 is 34.2 Å². The van der Waals surface area contributed by atoms with Gasteiger partial charge in [-0.2, -0.15) is 26.3 Å². The molecule has 0 aliphatic heterocycles. The number of benzene rings is 1. The highest BCUT2D eigenvalue weighted by molar-refractivity contribution is 7.97. The van der Waals surface area contributed by atoms with E-state index in [0.717, 1.165) is 0 Å². The number of thiol groups is 1. The first kappa shape index (κ1) is 13.9. The average Bonchev–Trinajstić information content (AvgIpc) is 2.14. The maximum Gasteiger partial charge on any atom is 0.416 e. The van der Waals surface area contributed by atoms with Crippen molar-refractivity contribution in [3.8, 4) is 0 Å². The van der Waals surface area contributed by atoms with Crippen LogP contribution in [-0.2, 0) is 12.4 Å². The van der Waals surface area contributed by atoms with Crippen molar-refractivity contribution in [3.05, 3.63) is 34.9 Å². The third kappa shape index (κ3) is 3.39. The Kier molecular flexibility index (Phi) is 3.47. The van der Waals surface area contributed by atoms with Gasteiger partial charge in [0.05, 0.1) is 11.1 Å². The van der Waals surface area contributed by atoms with Crippen LogP contribution < -0.4 is 0 Å². The Balaban J connectivity index is 3.45. The monoisotopic (exact) mass is 274 g/mol. The summed E-state index contributed by atoms with van der Waals surface area (Å²) in [5, 5.41) is -1.17. The largest absolute Gasteiger partial charge is 0.416 e. The first-order chi connectivity index (χ1) is 7.51. The van der Waals surface area contributed by atoms with Gasteiger partial charge in [-0.3, -0.25) is 4.79 Å². The SMILES string of the molecule is O=C(S)c1cc(C(F)(F)F)cc(C(F)(F)F)c1. The molecule has 0 spiro atoms. The van der Waals surface area contributed by atoms with E-state index in [2.05, 4.69) is 12.6 Å². The molecule has 0 amide bonds. The van der Waals surface area contributed by atoms with E-state index in [1.54, 1.807) is 0 Å². The van der Waals surface area contributed by atoms with Crippen LogP contribution in [0.3, 0.4) is 0 Å². The van der Waals surface area contributed by atoms with E-state index in [0.29, 0.717) is 12.1 Å². The second kappa shape index (κ2) is 4.25. The number of alkyl halides is 6. The van der Waals surface area contributed by atoms with Gasteiger partial charge in [-0.05, 0) is 18.2 Å². The van der Waals surface area contributed by atoms with Gasteiger partial charge in [0.25, 0.3) is 0 Å². The molecule has 1 nitrogen and oxygen atoms in total. The zero-order valence-electron chi connectivity index (χ0n) is 7.86. The third-order valence-electron chi connectivity index (χ3n) is 1.83. The smallest absolute Gasteiger partial charge is 0.282 e. The Labute approximate surface area is 96.8 Å². The lowest BCUT2D eigenvalue weighted by atomic mass is 10.1. The van der Waals surface area contributed by atoms with Gasteiger partial charge in [-0.25, -0.2) is 0 Å². The quantitative estimate of drug-likeness (QED) is 0.609. The van der Waals surface area contributed by atoms with Crippen molar-refractivity contribution in [3.63, 3.8) is 0 Å². The van der Waals surface area contributed by atoms with Crippen molar-refractivity contribution in [1.82, 2.24) is 0 Å². The average molecular weight is 274 g/mol. The van der Waals surface area contributed by atoms with Crippen molar-refractivity contribution in [2.45, 2.75) is 12.4 Å². The van der Waals surface area contributed by atoms with Gasteiger partial charge in [0.1, 0.15) is 0 Å². The molecule has 0 fully saturated rings. The number of halogens is 6. The molecule has 1 aromatic carbocycles. The van der Waals surface area contributed by atoms with Crippen molar-refractivity contribution in [2.24, 2.45) is 0 Å². The van der Waals surface area contributed by atoms with Crippen LogP contribution in [0.15, 0.2) is 18.2 Å². The Morgan fingerprint density at radius 1 is 0.882 bits per heavy atom. The fourth-order valence-electron chi connectivity index (χ4n) is 1.08. The fraction of sp³-hybridized carbons (Fsp3) is 0.222. The summed E-state index contributed by atoms with van der Waals surface area (Å²) in [6, 6.07) is 0.593. The molecule has 0 N–H and O–H groups in total. The van der Waals surface area contributed by atoms with E-state index in [4.69, 9.17) is 0 Å². The molecule has 0 aliphatic rings. The summed E-state index contributed by atoms with van der Waals surface area (Å²) >= 11 is 3.20. The predicted molar refractivity (Wildman–Crippen MR) is 49.8 cm³/mol. The third-order valence-corrected chi connectivity index (χ3v) is 2.09. The molecule has 0 radical (unpaired) electrons. The maximum atomic E-state index is 12.3. The van der Waals surface area contributed by atoms with Gasteiger partial charge < -0.3 is 0 Å². The number of carbonyl (C=O) groups excluding carboxylic acids is 1. The van der Waals surface area contributed by atoms with Gasteiger partial charge in [-0.1, -0.05) is 0 Å². The second-order valence-electron chi connectivity index (χ2n) is 3.10. The number of rotatable bonds is 1. The van der Waals surface area contributed by atoms with Crippen LogP contribution in [0.5, 0.6) is 0 Å². The summed E-state index contributed by atoms with van der Waals surface area (Å²) in [4.78, 5) is 10.7. The second-order valence-corrected chi connectivity index (χ2v) is 3.51. The van der Waals surface area contributed by atoms with E-state index in [1.807, 2.05) is 0 Å². The molecule has 0 aliphatic carbocycles. The van der Waals surface area contributed by atoms with Gasteiger partial charge in [-0.15, -0.1) is 12.6 Å². The molecular formula is C9H4F6OS. The van der Waals surface area contributed by atoms with Crippen molar-refractivity contribution >= 4 is 17.7 Å². The Bertz CT molecular complexity index is 416. The normalized spacial score (nSPS) is 12.6. The molecule has 1 rings (SSSR count). The molecule has 0 unspecified atom stereocenters. The first-order valence-corrected chi connectivity index (χ1v) is 4.49. The van der Waals surface area contributed by atoms with Crippen LogP contribution in [0.2, 0.25) is 0 Å². The summed E-state index contributed by atoms with van der Waals surface area (Å²) in [7, 11) is 0. The molecular weight excluding hydrogens is 270 g/mol. The minimum atomic E-state index is -4.96. The highest BCUT2D eigenvalue weighted by Crippen LogP contribution is 2.36. The lowest BCUT2D eigenvalue weighted by Crippen LogP contribution is -2.12. The number of carbonyl (C=O) groups is 1.